The smallest absolute Gasteiger partial charge is 0.411 e. The molecule has 2 aromatic rings. The van der Waals surface area contributed by atoms with Crippen molar-refractivity contribution < 1.29 is 24.4 Å². The quantitative estimate of drug-likeness (QED) is 0.646. The van der Waals surface area contributed by atoms with Gasteiger partial charge in [-0.05, 0) is 11.6 Å². The number of benzene rings is 2. The molecule has 0 saturated carbocycles. The molecule has 0 aliphatic heterocycles. The highest BCUT2D eigenvalue weighted by Crippen LogP contribution is 2.23. The Labute approximate surface area is 130 Å². The van der Waals surface area contributed by atoms with Gasteiger partial charge in [-0.3, -0.25) is 15.4 Å². The number of nitro groups is 1. The molecule has 23 heavy (non-hydrogen) atoms. The van der Waals surface area contributed by atoms with Gasteiger partial charge in [0.05, 0.1) is 16.2 Å². The van der Waals surface area contributed by atoms with Gasteiger partial charge in [-0.2, -0.15) is 0 Å². The summed E-state index contributed by atoms with van der Waals surface area (Å²) in [6, 6.07) is 11.9. The van der Waals surface area contributed by atoms with Crippen LogP contribution in [0.1, 0.15) is 15.9 Å². The van der Waals surface area contributed by atoms with Crippen molar-refractivity contribution in [3.63, 3.8) is 0 Å². The molecule has 118 valence electrons. The highest BCUT2D eigenvalue weighted by Gasteiger charge is 2.17. The summed E-state index contributed by atoms with van der Waals surface area (Å²) in [7, 11) is 0. The summed E-state index contributed by atoms with van der Waals surface area (Å²) in [4.78, 5) is 32.9. The Balaban J connectivity index is 2.11. The molecule has 0 spiro atoms. The van der Waals surface area contributed by atoms with E-state index in [4.69, 9.17) is 9.84 Å². The third kappa shape index (κ3) is 4.27. The number of aromatic carboxylic acids is 1. The Morgan fingerprint density at radius 2 is 1.87 bits per heavy atom. The number of amides is 1. The van der Waals surface area contributed by atoms with E-state index in [1.54, 1.807) is 24.3 Å². The van der Waals surface area contributed by atoms with Gasteiger partial charge in [0.15, 0.2) is 0 Å². The summed E-state index contributed by atoms with van der Waals surface area (Å²) in [5.41, 5.74) is -0.0643. The van der Waals surface area contributed by atoms with Gasteiger partial charge in [0, 0.05) is 12.1 Å². The topological polar surface area (TPSA) is 119 Å². The zero-order valence-electron chi connectivity index (χ0n) is 11.8. The molecule has 0 heterocycles. The van der Waals surface area contributed by atoms with E-state index in [0.29, 0.717) is 0 Å². The lowest BCUT2D eigenvalue weighted by Crippen LogP contribution is -2.16. The Morgan fingerprint density at radius 1 is 1.17 bits per heavy atom. The average Bonchev–Trinajstić information content (AvgIpc) is 2.53. The molecule has 0 radical (unpaired) electrons. The van der Waals surface area contributed by atoms with Gasteiger partial charge in [-0.15, -0.1) is 0 Å². The number of nitrogens with zero attached hydrogens (tertiary/aromatic N) is 1. The van der Waals surface area contributed by atoms with Crippen LogP contribution in [0.4, 0.5) is 16.2 Å². The average molecular weight is 316 g/mol. The summed E-state index contributed by atoms with van der Waals surface area (Å²) in [5, 5.41) is 22.0. The van der Waals surface area contributed by atoms with Crippen LogP contribution in [0.2, 0.25) is 0 Å². The van der Waals surface area contributed by atoms with Crippen LogP contribution < -0.4 is 5.32 Å². The second-order valence-electron chi connectivity index (χ2n) is 4.48. The Hall–Kier alpha value is -3.42. The molecular formula is C15H12N2O6. The minimum atomic E-state index is -1.32. The van der Waals surface area contributed by atoms with Crippen molar-refractivity contribution in [3.05, 3.63) is 69.8 Å². The first-order chi connectivity index (χ1) is 11.0. The number of nitro benzene ring substituents is 1. The predicted octanol–water partition coefficient (Wildman–Crippen LogP) is 3.04. The first-order valence-corrected chi connectivity index (χ1v) is 6.47. The number of hydrogen-bond acceptors (Lipinski definition) is 5. The monoisotopic (exact) mass is 316 g/mol. The van der Waals surface area contributed by atoms with Gasteiger partial charge in [-0.25, -0.2) is 9.59 Å². The van der Waals surface area contributed by atoms with Gasteiger partial charge >= 0.3 is 12.1 Å². The molecule has 0 bridgehead atoms. The SMILES string of the molecule is O=C(Nc1cc([N+](=O)[O-])ccc1C(=O)O)OCc1ccccc1. The standard InChI is InChI=1S/C15H12N2O6/c18-14(19)12-7-6-11(17(21)22)8-13(12)16-15(20)23-9-10-4-2-1-3-5-10/h1-8H,9H2,(H,16,20)(H,18,19). The number of anilines is 1. The summed E-state index contributed by atoms with van der Waals surface area (Å²) in [6.45, 7) is -0.00992. The lowest BCUT2D eigenvalue weighted by molar-refractivity contribution is -0.384. The maximum absolute atomic E-state index is 11.7. The normalized spacial score (nSPS) is 9.91. The minimum absolute atomic E-state index is 0.00992. The molecule has 0 aliphatic rings. The number of hydrogen-bond donors (Lipinski definition) is 2. The van der Waals surface area contributed by atoms with Crippen LogP contribution in [-0.2, 0) is 11.3 Å². The first kappa shape index (κ1) is 16.0. The molecule has 0 aromatic heterocycles. The molecule has 0 atom stereocenters. The van der Waals surface area contributed by atoms with E-state index in [9.17, 15) is 19.7 Å². The molecule has 2 N–H and O–H groups in total. The Bertz CT molecular complexity index is 745. The van der Waals surface area contributed by atoms with Gasteiger partial charge in [0.2, 0.25) is 0 Å². The maximum atomic E-state index is 11.7. The number of nitrogens with one attached hydrogen (secondary N) is 1. The minimum Gasteiger partial charge on any atom is -0.478 e. The molecule has 0 aliphatic carbocycles. The third-order valence-electron chi connectivity index (χ3n) is 2.89. The molecule has 8 nitrogen and oxygen atoms in total. The number of ether oxygens (including phenoxy) is 1. The Kier molecular flexibility index (Phi) is 4.88. The first-order valence-electron chi connectivity index (χ1n) is 6.47. The molecule has 2 rings (SSSR count). The van der Waals surface area contributed by atoms with Crippen LogP contribution in [0.5, 0.6) is 0 Å². The largest absolute Gasteiger partial charge is 0.478 e. The number of non-ortho nitro benzene ring substituents is 1. The molecule has 2 aromatic carbocycles. The fourth-order valence-corrected chi connectivity index (χ4v) is 1.80. The van der Waals surface area contributed by atoms with Crippen molar-refractivity contribution in [1.29, 1.82) is 0 Å². The molecule has 0 fully saturated rings. The van der Waals surface area contributed by atoms with Gasteiger partial charge in [0.25, 0.3) is 5.69 Å². The summed E-state index contributed by atoms with van der Waals surface area (Å²) in [6.07, 6.45) is -0.906. The number of carbonyl (C=O) groups is 2. The summed E-state index contributed by atoms with van der Waals surface area (Å²) in [5.74, 6) is -1.32. The molecule has 0 unspecified atom stereocenters. The Morgan fingerprint density at radius 3 is 2.48 bits per heavy atom. The molecule has 1 amide bonds. The van der Waals surface area contributed by atoms with Gasteiger partial charge in [-0.1, -0.05) is 30.3 Å². The zero-order chi connectivity index (χ0) is 16.8. The van der Waals surface area contributed by atoms with Crippen molar-refractivity contribution in [2.45, 2.75) is 6.61 Å². The second kappa shape index (κ2) is 7.03. The van der Waals surface area contributed by atoms with Crippen LogP contribution in [0.15, 0.2) is 48.5 Å². The van der Waals surface area contributed by atoms with E-state index in [2.05, 4.69) is 5.32 Å². The summed E-state index contributed by atoms with van der Waals surface area (Å²) >= 11 is 0. The fraction of sp³-hybridized carbons (Fsp3) is 0.0667. The van der Waals surface area contributed by atoms with Gasteiger partial charge < -0.3 is 9.84 Å². The van der Waals surface area contributed by atoms with Crippen LogP contribution in [0.25, 0.3) is 0 Å². The van der Waals surface area contributed by atoms with Crippen LogP contribution >= 0.6 is 0 Å². The maximum Gasteiger partial charge on any atom is 0.411 e. The van der Waals surface area contributed by atoms with E-state index >= 15 is 0 Å². The van der Waals surface area contributed by atoms with Crippen LogP contribution in [0.3, 0.4) is 0 Å². The number of carboxylic acids is 1. The summed E-state index contributed by atoms with van der Waals surface area (Å²) < 4.78 is 4.95. The number of carboxylic acid groups (broad SMARTS) is 1. The number of carbonyl (C=O) groups excluding carboxylic acids is 1. The lowest BCUT2D eigenvalue weighted by Gasteiger charge is -2.09. The molecular weight excluding hydrogens is 304 g/mol. The van der Waals surface area contributed by atoms with Crippen molar-refractivity contribution in [2.75, 3.05) is 5.32 Å². The third-order valence-corrected chi connectivity index (χ3v) is 2.89. The fourth-order valence-electron chi connectivity index (χ4n) is 1.80. The highest BCUT2D eigenvalue weighted by molar-refractivity contribution is 5.99. The van der Waals surface area contributed by atoms with E-state index < -0.39 is 17.0 Å². The molecule has 8 heteroatoms. The zero-order valence-corrected chi connectivity index (χ0v) is 11.8. The molecule has 0 saturated heterocycles. The van der Waals surface area contributed by atoms with Crippen molar-refractivity contribution in [3.8, 4) is 0 Å². The van der Waals surface area contributed by atoms with Crippen molar-refractivity contribution >= 4 is 23.4 Å². The van der Waals surface area contributed by atoms with Crippen molar-refractivity contribution in [2.24, 2.45) is 0 Å². The van der Waals surface area contributed by atoms with Gasteiger partial charge in [0.1, 0.15) is 6.61 Å². The number of rotatable bonds is 5. The highest BCUT2D eigenvalue weighted by atomic mass is 16.6. The second-order valence-corrected chi connectivity index (χ2v) is 4.48. The van der Waals surface area contributed by atoms with E-state index in [0.717, 1.165) is 23.8 Å². The lowest BCUT2D eigenvalue weighted by atomic mass is 10.1. The van der Waals surface area contributed by atoms with E-state index in [1.807, 2.05) is 6.07 Å². The predicted molar refractivity (Wildman–Crippen MR) is 80.3 cm³/mol. The van der Waals surface area contributed by atoms with E-state index in [-0.39, 0.29) is 23.5 Å². The van der Waals surface area contributed by atoms with Crippen molar-refractivity contribution in [1.82, 2.24) is 0 Å². The van der Waals surface area contributed by atoms with Crippen LogP contribution in [0, 0.1) is 10.1 Å². The van der Waals surface area contributed by atoms with E-state index in [1.165, 1.54) is 0 Å². The van der Waals surface area contributed by atoms with Crippen LogP contribution in [-0.4, -0.2) is 22.1 Å².